The maximum atomic E-state index is 12.4. The van der Waals surface area contributed by atoms with E-state index in [0.717, 1.165) is 5.56 Å². The summed E-state index contributed by atoms with van der Waals surface area (Å²) in [6.45, 7) is 3.53. The average Bonchev–Trinajstić information content (AvgIpc) is 2.64. The molecule has 0 aliphatic heterocycles. The Morgan fingerprint density at radius 2 is 1.86 bits per heavy atom. The van der Waals surface area contributed by atoms with Crippen LogP contribution in [-0.4, -0.2) is 29.4 Å². The first-order valence-electron chi connectivity index (χ1n) is 8.37. The van der Waals surface area contributed by atoms with Gasteiger partial charge in [-0.2, -0.15) is 0 Å². The molecule has 0 aliphatic rings. The van der Waals surface area contributed by atoms with Crippen molar-refractivity contribution in [3.63, 3.8) is 0 Å². The summed E-state index contributed by atoms with van der Waals surface area (Å²) in [4.78, 5) is 28.6. The number of aromatic nitrogens is 1. The molecule has 28 heavy (non-hydrogen) atoms. The SMILES string of the molecule is CC(C)[C@H](N)C(=O)NCC(=O)NC(c1cccc(Cl)c1)c1ccccn1.Cl.Cl. The molecular weight excluding hydrogens is 423 g/mol. The number of benzene rings is 1. The van der Waals surface area contributed by atoms with Crippen molar-refractivity contribution in [3.05, 3.63) is 64.9 Å². The van der Waals surface area contributed by atoms with Crippen LogP contribution in [0, 0.1) is 5.92 Å². The van der Waals surface area contributed by atoms with Gasteiger partial charge >= 0.3 is 0 Å². The molecule has 154 valence electrons. The number of nitrogens with one attached hydrogen (secondary N) is 2. The molecule has 4 N–H and O–H groups in total. The Morgan fingerprint density at radius 1 is 1.14 bits per heavy atom. The zero-order valence-electron chi connectivity index (χ0n) is 15.6. The number of amides is 2. The summed E-state index contributed by atoms with van der Waals surface area (Å²) in [7, 11) is 0. The van der Waals surface area contributed by atoms with E-state index < -0.39 is 12.1 Å². The van der Waals surface area contributed by atoms with Gasteiger partial charge in [0.15, 0.2) is 0 Å². The second kappa shape index (κ2) is 12.6. The maximum absolute atomic E-state index is 12.4. The minimum absolute atomic E-state index is 0. The molecule has 2 atom stereocenters. The molecule has 2 rings (SSSR count). The van der Waals surface area contributed by atoms with Crippen LogP contribution in [0.1, 0.15) is 31.1 Å². The van der Waals surface area contributed by atoms with E-state index in [2.05, 4.69) is 15.6 Å². The van der Waals surface area contributed by atoms with Crippen molar-refractivity contribution in [3.8, 4) is 0 Å². The van der Waals surface area contributed by atoms with Gasteiger partial charge in [0.1, 0.15) is 0 Å². The lowest BCUT2D eigenvalue weighted by Crippen LogP contribution is -2.47. The van der Waals surface area contributed by atoms with Gasteiger partial charge in [-0.3, -0.25) is 14.6 Å². The minimum atomic E-state index is -0.651. The van der Waals surface area contributed by atoms with Crippen molar-refractivity contribution in [2.75, 3.05) is 6.54 Å². The molecule has 0 aliphatic carbocycles. The Kier molecular flexibility index (Phi) is 11.7. The fourth-order valence-corrected chi connectivity index (χ4v) is 2.56. The molecule has 1 unspecified atom stereocenters. The zero-order chi connectivity index (χ0) is 19.1. The molecule has 0 saturated carbocycles. The van der Waals surface area contributed by atoms with E-state index in [4.69, 9.17) is 17.3 Å². The molecule has 6 nitrogen and oxygen atoms in total. The molecule has 0 bridgehead atoms. The second-order valence-corrected chi connectivity index (χ2v) is 6.73. The summed E-state index contributed by atoms with van der Waals surface area (Å²) in [5.74, 6) is -0.706. The Morgan fingerprint density at radius 3 is 2.43 bits per heavy atom. The average molecular weight is 448 g/mol. The number of carbonyl (C=O) groups excluding carboxylic acids is 2. The van der Waals surface area contributed by atoms with Gasteiger partial charge in [0.25, 0.3) is 0 Å². The Bertz CT molecular complexity index is 760. The fraction of sp³-hybridized carbons (Fsp3) is 0.316. The van der Waals surface area contributed by atoms with Gasteiger partial charge in [0.2, 0.25) is 11.8 Å². The summed E-state index contributed by atoms with van der Waals surface area (Å²) >= 11 is 6.08. The highest BCUT2D eigenvalue weighted by atomic mass is 35.5. The van der Waals surface area contributed by atoms with Crippen LogP contribution in [0.5, 0.6) is 0 Å². The van der Waals surface area contributed by atoms with Crippen molar-refractivity contribution in [1.29, 1.82) is 0 Å². The van der Waals surface area contributed by atoms with Gasteiger partial charge < -0.3 is 16.4 Å². The van der Waals surface area contributed by atoms with Gasteiger partial charge in [-0.25, -0.2) is 0 Å². The lowest BCUT2D eigenvalue weighted by molar-refractivity contribution is -0.127. The highest BCUT2D eigenvalue weighted by molar-refractivity contribution is 6.30. The Hall–Kier alpha value is -1.86. The van der Waals surface area contributed by atoms with Gasteiger partial charge in [0.05, 0.1) is 24.3 Å². The summed E-state index contributed by atoms with van der Waals surface area (Å²) in [6, 6.07) is 11.5. The third kappa shape index (κ3) is 7.64. The van der Waals surface area contributed by atoms with Crippen molar-refractivity contribution < 1.29 is 9.59 Å². The van der Waals surface area contributed by atoms with Crippen LogP contribution in [0.25, 0.3) is 0 Å². The zero-order valence-corrected chi connectivity index (χ0v) is 18.0. The molecule has 1 aromatic carbocycles. The molecule has 1 heterocycles. The fourth-order valence-electron chi connectivity index (χ4n) is 2.36. The topological polar surface area (TPSA) is 97.1 Å². The number of nitrogens with two attached hydrogens (primary N) is 1. The largest absolute Gasteiger partial charge is 0.346 e. The van der Waals surface area contributed by atoms with Gasteiger partial charge in [0, 0.05) is 11.2 Å². The molecule has 0 radical (unpaired) electrons. The number of hydrogen-bond donors (Lipinski definition) is 3. The van der Waals surface area contributed by atoms with Crippen molar-refractivity contribution in [1.82, 2.24) is 15.6 Å². The molecule has 2 amide bonds. The third-order valence-corrected chi connectivity index (χ3v) is 4.15. The van der Waals surface area contributed by atoms with Crippen LogP contribution in [0.15, 0.2) is 48.7 Å². The highest BCUT2D eigenvalue weighted by Crippen LogP contribution is 2.22. The van der Waals surface area contributed by atoms with E-state index in [9.17, 15) is 9.59 Å². The lowest BCUT2D eigenvalue weighted by atomic mass is 10.0. The van der Waals surface area contributed by atoms with E-state index in [1.54, 1.807) is 24.4 Å². The molecule has 0 spiro atoms. The first kappa shape index (κ1) is 26.1. The summed E-state index contributed by atoms with van der Waals surface area (Å²) in [5.41, 5.74) is 7.25. The number of nitrogens with zero attached hydrogens (tertiary/aromatic N) is 1. The van der Waals surface area contributed by atoms with Crippen LogP contribution in [-0.2, 0) is 9.59 Å². The molecule has 0 saturated heterocycles. The minimum Gasteiger partial charge on any atom is -0.346 e. The normalized spacial score (nSPS) is 12.2. The number of pyridine rings is 1. The number of rotatable bonds is 7. The number of halogens is 3. The first-order chi connectivity index (χ1) is 12.4. The van der Waals surface area contributed by atoms with Gasteiger partial charge in [-0.05, 0) is 35.7 Å². The van der Waals surface area contributed by atoms with Crippen LogP contribution in [0.3, 0.4) is 0 Å². The quantitative estimate of drug-likeness (QED) is 0.608. The molecular formula is C19H25Cl3N4O2. The van der Waals surface area contributed by atoms with E-state index in [-0.39, 0.29) is 49.1 Å². The summed E-state index contributed by atoms with van der Waals surface area (Å²) in [5, 5.41) is 6.01. The standard InChI is InChI=1S/C19H23ClN4O2.2ClH/c1-12(2)17(21)19(26)23-11-16(25)24-18(15-8-3-4-9-22-15)13-6-5-7-14(20)10-13;;/h3-10,12,17-18H,11,21H2,1-2H3,(H,23,26)(H,24,25);2*1H/t17-,18?;;/m0../s1. The van der Waals surface area contributed by atoms with Gasteiger partial charge in [-0.15, -0.1) is 24.8 Å². The third-order valence-electron chi connectivity index (χ3n) is 3.92. The van der Waals surface area contributed by atoms with Crippen LogP contribution in [0.2, 0.25) is 5.02 Å². The highest BCUT2D eigenvalue weighted by Gasteiger charge is 2.21. The van der Waals surface area contributed by atoms with Crippen LogP contribution < -0.4 is 16.4 Å². The number of hydrogen-bond acceptors (Lipinski definition) is 4. The van der Waals surface area contributed by atoms with E-state index >= 15 is 0 Å². The van der Waals surface area contributed by atoms with E-state index in [1.807, 2.05) is 38.1 Å². The van der Waals surface area contributed by atoms with E-state index in [0.29, 0.717) is 10.7 Å². The van der Waals surface area contributed by atoms with Crippen molar-refractivity contribution in [2.24, 2.45) is 11.7 Å². The smallest absolute Gasteiger partial charge is 0.240 e. The second-order valence-electron chi connectivity index (χ2n) is 6.30. The lowest BCUT2D eigenvalue weighted by Gasteiger charge is -2.20. The van der Waals surface area contributed by atoms with Crippen LogP contribution in [0.4, 0.5) is 0 Å². The maximum Gasteiger partial charge on any atom is 0.240 e. The van der Waals surface area contributed by atoms with Crippen LogP contribution >= 0.6 is 36.4 Å². The predicted molar refractivity (Wildman–Crippen MR) is 116 cm³/mol. The predicted octanol–water partition coefficient (Wildman–Crippen LogP) is 2.88. The van der Waals surface area contributed by atoms with Crippen molar-refractivity contribution >= 4 is 48.2 Å². The summed E-state index contributed by atoms with van der Waals surface area (Å²) in [6.07, 6.45) is 1.66. The van der Waals surface area contributed by atoms with E-state index in [1.165, 1.54) is 0 Å². The monoisotopic (exact) mass is 446 g/mol. The Balaban J connectivity index is 0.00000364. The van der Waals surface area contributed by atoms with Gasteiger partial charge in [-0.1, -0.05) is 43.6 Å². The summed E-state index contributed by atoms with van der Waals surface area (Å²) < 4.78 is 0. The molecule has 0 fully saturated rings. The first-order valence-corrected chi connectivity index (χ1v) is 8.75. The molecule has 9 heteroatoms. The Labute approximate surface area is 182 Å². The van der Waals surface area contributed by atoms with Crippen molar-refractivity contribution in [2.45, 2.75) is 25.9 Å². The molecule has 2 aromatic rings. The molecule has 1 aromatic heterocycles. The number of carbonyl (C=O) groups is 2.